The van der Waals surface area contributed by atoms with E-state index in [-0.39, 0.29) is 30.1 Å². The van der Waals surface area contributed by atoms with Gasteiger partial charge in [0.15, 0.2) is 11.8 Å². The predicted molar refractivity (Wildman–Crippen MR) is 106 cm³/mol. The second-order valence-corrected chi connectivity index (χ2v) is 5.69. The minimum atomic E-state index is -0.163. The van der Waals surface area contributed by atoms with Gasteiger partial charge < -0.3 is 24.2 Å². The molecule has 0 bridgehead atoms. The van der Waals surface area contributed by atoms with Crippen LogP contribution in [0.4, 0.5) is 0 Å². The van der Waals surface area contributed by atoms with Crippen LogP contribution in [0.3, 0.4) is 0 Å². The van der Waals surface area contributed by atoms with E-state index in [1.165, 1.54) is 0 Å². The van der Waals surface area contributed by atoms with Gasteiger partial charge in [-0.25, -0.2) is 0 Å². The molecule has 0 aliphatic carbocycles. The molecule has 2 rings (SSSR count). The molecule has 1 saturated heterocycles. The van der Waals surface area contributed by atoms with E-state index >= 15 is 0 Å². The number of aliphatic imine (C=N–C) groups is 1. The maximum atomic E-state index is 5.69. The fourth-order valence-corrected chi connectivity index (χ4v) is 2.79. The van der Waals surface area contributed by atoms with Gasteiger partial charge in [0, 0.05) is 33.4 Å². The highest BCUT2D eigenvalue weighted by Gasteiger charge is 2.22. The third-order valence-electron chi connectivity index (χ3n) is 4.02. The lowest BCUT2D eigenvalue weighted by Crippen LogP contribution is -2.46. The summed E-state index contributed by atoms with van der Waals surface area (Å²) in [4.78, 5) is 10.9. The van der Waals surface area contributed by atoms with Gasteiger partial charge in [-0.15, -0.1) is 24.0 Å². The molecule has 1 N–H and O–H groups in total. The first kappa shape index (κ1) is 22.1. The Hall–Kier alpha value is -0.940. The third-order valence-corrected chi connectivity index (χ3v) is 4.02. The van der Waals surface area contributed by atoms with Crippen molar-refractivity contribution in [2.75, 3.05) is 33.4 Å². The van der Waals surface area contributed by atoms with Gasteiger partial charge in [-0.2, -0.15) is 4.98 Å². The Bertz CT molecular complexity index is 518. The topological polar surface area (TPSA) is 85.0 Å². The molecule has 25 heavy (non-hydrogen) atoms. The van der Waals surface area contributed by atoms with Crippen molar-refractivity contribution in [3.63, 3.8) is 0 Å². The molecule has 1 aromatic rings. The van der Waals surface area contributed by atoms with Crippen molar-refractivity contribution in [2.45, 2.75) is 52.4 Å². The summed E-state index contributed by atoms with van der Waals surface area (Å²) in [5, 5.41) is 7.24. The van der Waals surface area contributed by atoms with E-state index in [0.717, 1.165) is 38.5 Å². The molecule has 1 unspecified atom stereocenters. The van der Waals surface area contributed by atoms with Crippen LogP contribution < -0.4 is 5.32 Å². The number of nitrogens with zero attached hydrogens (tertiary/aromatic N) is 4. The number of rotatable bonds is 7. The number of hydrogen-bond acceptors (Lipinski definition) is 6. The summed E-state index contributed by atoms with van der Waals surface area (Å²) in [6.45, 7) is 9.60. The van der Waals surface area contributed by atoms with Crippen molar-refractivity contribution >= 4 is 29.9 Å². The Balaban J connectivity index is 0.00000312. The summed E-state index contributed by atoms with van der Waals surface area (Å²) in [6.07, 6.45) is 2.24. The van der Waals surface area contributed by atoms with Gasteiger partial charge in [-0.05, 0) is 33.6 Å². The minimum Gasteiger partial charge on any atom is -0.378 e. The summed E-state index contributed by atoms with van der Waals surface area (Å²) in [6, 6.07) is 0. The monoisotopic (exact) mass is 467 g/mol. The number of halogens is 1. The number of aromatic nitrogens is 2. The molecule has 0 aromatic carbocycles. The summed E-state index contributed by atoms with van der Waals surface area (Å²) >= 11 is 0. The van der Waals surface area contributed by atoms with Crippen LogP contribution in [0.5, 0.6) is 0 Å². The fraction of sp³-hybridized carbons (Fsp3) is 0.812. The van der Waals surface area contributed by atoms with Crippen LogP contribution in [0, 0.1) is 0 Å². The second-order valence-electron chi connectivity index (χ2n) is 5.69. The zero-order chi connectivity index (χ0) is 17.4. The third kappa shape index (κ3) is 6.70. The lowest BCUT2D eigenvalue weighted by atomic mass is 10.1. The summed E-state index contributed by atoms with van der Waals surface area (Å²) in [5.41, 5.74) is 0. The minimum absolute atomic E-state index is 0. The predicted octanol–water partition coefficient (Wildman–Crippen LogP) is 2.36. The molecular formula is C16H30IN5O3. The number of guanidine groups is 1. The zero-order valence-corrected chi connectivity index (χ0v) is 17.9. The Morgan fingerprint density at radius 2 is 2.08 bits per heavy atom. The van der Waals surface area contributed by atoms with Crippen LogP contribution in [0.1, 0.15) is 51.4 Å². The Morgan fingerprint density at radius 3 is 2.68 bits per heavy atom. The Morgan fingerprint density at radius 1 is 1.36 bits per heavy atom. The van der Waals surface area contributed by atoms with Crippen molar-refractivity contribution in [2.24, 2.45) is 4.99 Å². The standard InChI is InChI=1S/C16H29N5O3.HI/c1-5-22-12(3)15-19-14(24-20-15)11-18-16(17-4)21-9-7-13(8-10-21)23-6-2;/h12-13H,5-11H2,1-4H3,(H,17,18);1H. The highest BCUT2D eigenvalue weighted by atomic mass is 127. The number of nitrogens with one attached hydrogen (secondary N) is 1. The molecule has 1 fully saturated rings. The van der Waals surface area contributed by atoms with Crippen LogP contribution in [-0.2, 0) is 16.0 Å². The average molecular weight is 467 g/mol. The van der Waals surface area contributed by atoms with Crippen LogP contribution >= 0.6 is 24.0 Å². The maximum absolute atomic E-state index is 5.69. The molecule has 9 heteroatoms. The molecule has 0 saturated carbocycles. The van der Waals surface area contributed by atoms with Crippen LogP contribution in [-0.4, -0.2) is 60.5 Å². The fourth-order valence-electron chi connectivity index (χ4n) is 2.79. The van der Waals surface area contributed by atoms with E-state index in [1.54, 1.807) is 7.05 Å². The first-order chi connectivity index (χ1) is 11.7. The van der Waals surface area contributed by atoms with Crippen LogP contribution in [0.25, 0.3) is 0 Å². The molecule has 1 aromatic heterocycles. The molecule has 2 heterocycles. The van der Waals surface area contributed by atoms with Crippen LogP contribution in [0.2, 0.25) is 0 Å². The quantitative estimate of drug-likeness (QED) is 0.375. The molecule has 0 radical (unpaired) electrons. The van der Waals surface area contributed by atoms with E-state index in [0.29, 0.717) is 31.0 Å². The van der Waals surface area contributed by atoms with Crippen molar-refractivity contribution in [1.82, 2.24) is 20.4 Å². The highest BCUT2D eigenvalue weighted by Crippen LogP contribution is 2.14. The zero-order valence-electron chi connectivity index (χ0n) is 15.5. The maximum Gasteiger partial charge on any atom is 0.246 e. The molecular weight excluding hydrogens is 437 g/mol. The first-order valence-electron chi connectivity index (χ1n) is 8.69. The lowest BCUT2D eigenvalue weighted by Gasteiger charge is -2.33. The average Bonchev–Trinajstić information content (AvgIpc) is 3.06. The van der Waals surface area contributed by atoms with E-state index in [2.05, 4.69) is 25.3 Å². The largest absolute Gasteiger partial charge is 0.378 e. The van der Waals surface area contributed by atoms with Crippen molar-refractivity contribution < 1.29 is 14.0 Å². The molecule has 1 aliphatic rings. The summed E-state index contributed by atoms with van der Waals surface area (Å²) in [5.74, 6) is 1.95. The number of piperidine rings is 1. The van der Waals surface area contributed by atoms with Gasteiger partial charge in [0.25, 0.3) is 0 Å². The van der Waals surface area contributed by atoms with Gasteiger partial charge in [0.1, 0.15) is 6.10 Å². The molecule has 1 aliphatic heterocycles. The number of ether oxygens (including phenoxy) is 2. The number of likely N-dealkylation sites (tertiary alicyclic amines) is 1. The molecule has 144 valence electrons. The molecule has 1 atom stereocenters. The summed E-state index contributed by atoms with van der Waals surface area (Å²) in [7, 11) is 1.79. The van der Waals surface area contributed by atoms with E-state index in [9.17, 15) is 0 Å². The van der Waals surface area contributed by atoms with Crippen LogP contribution in [0.15, 0.2) is 9.52 Å². The molecule has 0 amide bonds. The normalized spacial score (nSPS) is 17.3. The van der Waals surface area contributed by atoms with E-state index in [1.807, 2.05) is 20.8 Å². The smallest absolute Gasteiger partial charge is 0.246 e. The SMILES string of the molecule is CCOC1CCN(C(=NC)NCc2nc(C(C)OCC)no2)CC1.I. The van der Waals surface area contributed by atoms with Crippen molar-refractivity contribution in [1.29, 1.82) is 0 Å². The lowest BCUT2D eigenvalue weighted by molar-refractivity contribution is 0.0263. The van der Waals surface area contributed by atoms with Gasteiger partial charge >= 0.3 is 0 Å². The summed E-state index contributed by atoms with van der Waals surface area (Å²) < 4.78 is 16.4. The molecule has 0 spiro atoms. The van der Waals surface area contributed by atoms with Crippen molar-refractivity contribution in [3.05, 3.63) is 11.7 Å². The Labute approximate surface area is 166 Å². The van der Waals surface area contributed by atoms with E-state index < -0.39 is 0 Å². The van der Waals surface area contributed by atoms with Gasteiger partial charge in [-0.1, -0.05) is 5.16 Å². The van der Waals surface area contributed by atoms with Gasteiger partial charge in [0.05, 0.1) is 12.6 Å². The first-order valence-corrected chi connectivity index (χ1v) is 8.69. The molecule has 8 nitrogen and oxygen atoms in total. The highest BCUT2D eigenvalue weighted by molar-refractivity contribution is 14.0. The van der Waals surface area contributed by atoms with Crippen molar-refractivity contribution in [3.8, 4) is 0 Å². The number of hydrogen-bond donors (Lipinski definition) is 1. The van der Waals surface area contributed by atoms with E-state index in [4.69, 9.17) is 14.0 Å². The Kier molecular flexibility index (Phi) is 10.3. The second kappa shape index (κ2) is 11.6. The van der Waals surface area contributed by atoms with Gasteiger partial charge in [0.2, 0.25) is 5.89 Å². The van der Waals surface area contributed by atoms with Gasteiger partial charge in [-0.3, -0.25) is 4.99 Å².